The van der Waals surface area contributed by atoms with Crippen molar-refractivity contribution in [3.63, 3.8) is 0 Å². The first kappa shape index (κ1) is 27.9. The molecule has 2 aliphatic heterocycles. The Morgan fingerprint density at radius 2 is 1.60 bits per heavy atom. The highest BCUT2D eigenvalue weighted by atomic mass is 28.5. The first-order valence-electron chi connectivity index (χ1n) is 12.3. The third-order valence-corrected chi connectivity index (χ3v) is 17.1. The van der Waals surface area contributed by atoms with Gasteiger partial charge in [0.2, 0.25) is 17.9 Å². The van der Waals surface area contributed by atoms with Crippen molar-refractivity contribution in [3.05, 3.63) is 22.7 Å². The smallest absolute Gasteiger partial charge is 0.352 e. The van der Waals surface area contributed by atoms with Crippen molar-refractivity contribution in [2.24, 2.45) is 0 Å². The minimum Gasteiger partial charge on any atom is -0.414 e. The molecular formula is C23H39N3O7Si2. The van der Waals surface area contributed by atoms with E-state index in [1.165, 1.54) is 19.2 Å². The number of anilines is 1. The second kappa shape index (κ2) is 10.3. The van der Waals surface area contributed by atoms with Crippen molar-refractivity contribution in [1.29, 1.82) is 0 Å². The van der Waals surface area contributed by atoms with E-state index in [-0.39, 0.29) is 46.3 Å². The van der Waals surface area contributed by atoms with Crippen molar-refractivity contribution < 1.29 is 27.3 Å². The molecule has 35 heavy (non-hydrogen) atoms. The minimum absolute atomic E-state index is 0.0578. The number of rotatable bonds is 6. The van der Waals surface area contributed by atoms with Gasteiger partial charge in [-0.3, -0.25) is 14.2 Å². The van der Waals surface area contributed by atoms with Crippen LogP contribution in [-0.4, -0.2) is 57.2 Å². The molecule has 10 nitrogen and oxygen atoms in total. The molecule has 3 rings (SSSR count). The van der Waals surface area contributed by atoms with Gasteiger partial charge in [-0.25, -0.2) is 4.79 Å². The Labute approximate surface area is 209 Å². The molecule has 0 radical (unpaired) electrons. The standard InChI is InChI=1S/C23H39N3O7Si2/c1-13(2)34(14(3)4)30-12-18-21(32-35(33-34,15(5)6)16(7)8)20(28)22(31-18)26-11-10-19(24-17(9)27)25-23(26)29/h10-11,13-16,18,21-22H,12H2,1-9H3,(H,24,25,27,29)/t18-,21-,22?/m1/s1. The Hall–Kier alpha value is -1.71. The number of fused-ring (bicyclic) bond motifs is 1. The van der Waals surface area contributed by atoms with Crippen LogP contribution >= 0.6 is 0 Å². The summed E-state index contributed by atoms with van der Waals surface area (Å²) < 4.78 is 27.8. The summed E-state index contributed by atoms with van der Waals surface area (Å²) in [4.78, 5) is 41.5. The Kier molecular flexibility index (Phi) is 8.24. The summed E-state index contributed by atoms with van der Waals surface area (Å²) in [7, 11) is -5.77. The summed E-state index contributed by atoms with van der Waals surface area (Å²) in [6.07, 6.45) is -1.38. The van der Waals surface area contributed by atoms with Crippen LogP contribution in [-0.2, 0) is 27.3 Å². The molecule has 1 amide bonds. The number of hydrogen-bond donors (Lipinski definition) is 1. The maximum absolute atomic E-state index is 13.6. The Morgan fingerprint density at radius 3 is 2.09 bits per heavy atom. The van der Waals surface area contributed by atoms with E-state index in [0.717, 1.165) is 4.57 Å². The second-order valence-corrected chi connectivity index (χ2v) is 19.5. The van der Waals surface area contributed by atoms with E-state index in [1.807, 2.05) is 0 Å². The Bertz CT molecular complexity index is 995. The molecule has 1 aromatic rings. The molecule has 12 heteroatoms. The molecule has 2 aliphatic rings. The van der Waals surface area contributed by atoms with Crippen molar-refractivity contribution in [2.45, 2.75) is 103 Å². The highest BCUT2D eigenvalue weighted by Gasteiger charge is 2.61. The monoisotopic (exact) mass is 525 g/mol. The van der Waals surface area contributed by atoms with Crippen LogP contribution in [0.4, 0.5) is 5.82 Å². The van der Waals surface area contributed by atoms with Gasteiger partial charge in [0.15, 0.2) is 0 Å². The van der Waals surface area contributed by atoms with Gasteiger partial charge in [-0.15, -0.1) is 0 Å². The van der Waals surface area contributed by atoms with Gasteiger partial charge < -0.3 is 23.0 Å². The molecule has 0 aromatic carbocycles. The molecule has 0 bridgehead atoms. The summed E-state index contributed by atoms with van der Waals surface area (Å²) in [6, 6.07) is 1.46. The maximum Gasteiger partial charge on any atom is 0.352 e. The second-order valence-electron chi connectivity index (χ2n) is 10.6. The van der Waals surface area contributed by atoms with Crippen molar-refractivity contribution in [1.82, 2.24) is 9.55 Å². The molecule has 3 atom stereocenters. The van der Waals surface area contributed by atoms with Gasteiger partial charge in [0.05, 0.1) is 6.61 Å². The van der Waals surface area contributed by atoms with Crippen LogP contribution in [0, 0.1) is 0 Å². The molecule has 0 spiro atoms. The predicted octanol–water partition coefficient (Wildman–Crippen LogP) is 3.62. The quantitative estimate of drug-likeness (QED) is 0.560. The molecule has 2 saturated heterocycles. The number of Topliss-reactive ketones (excluding diaryl/α,β-unsaturated/α-hetero) is 1. The molecule has 0 saturated carbocycles. The number of carbonyl (C=O) groups is 2. The third kappa shape index (κ3) is 5.09. The predicted molar refractivity (Wildman–Crippen MR) is 136 cm³/mol. The largest absolute Gasteiger partial charge is 0.414 e. The van der Waals surface area contributed by atoms with Gasteiger partial charge in [0, 0.05) is 13.1 Å². The lowest BCUT2D eigenvalue weighted by atomic mass is 10.1. The average Bonchev–Trinajstić information content (AvgIpc) is 3.01. The van der Waals surface area contributed by atoms with Crippen LogP contribution in [0.5, 0.6) is 0 Å². The van der Waals surface area contributed by atoms with E-state index in [0.29, 0.717) is 0 Å². The zero-order valence-corrected chi connectivity index (χ0v) is 24.2. The number of aromatic nitrogens is 2. The summed E-state index contributed by atoms with van der Waals surface area (Å²) in [5.74, 6) is -0.600. The maximum atomic E-state index is 13.6. The summed E-state index contributed by atoms with van der Waals surface area (Å²) in [5, 5.41) is 2.47. The van der Waals surface area contributed by atoms with Crippen LogP contribution in [0.25, 0.3) is 0 Å². The fourth-order valence-corrected chi connectivity index (χ4v) is 16.2. The van der Waals surface area contributed by atoms with Gasteiger partial charge >= 0.3 is 22.8 Å². The van der Waals surface area contributed by atoms with Gasteiger partial charge in [0.1, 0.15) is 18.0 Å². The number of ketones is 1. The summed E-state index contributed by atoms with van der Waals surface area (Å²) in [6.45, 7) is 18.3. The summed E-state index contributed by atoms with van der Waals surface area (Å²) in [5.41, 5.74) is -0.267. The number of carbonyl (C=O) groups excluding carboxylic acids is 2. The lowest BCUT2D eigenvalue weighted by Gasteiger charge is -2.50. The Balaban J connectivity index is 2.04. The minimum atomic E-state index is -2.99. The van der Waals surface area contributed by atoms with Crippen LogP contribution in [0.1, 0.15) is 68.5 Å². The first-order chi connectivity index (χ1) is 16.2. The van der Waals surface area contributed by atoms with E-state index in [2.05, 4.69) is 65.7 Å². The number of ether oxygens (including phenoxy) is 1. The van der Waals surface area contributed by atoms with E-state index < -0.39 is 41.2 Å². The lowest BCUT2D eigenvalue weighted by molar-refractivity contribution is -0.130. The van der Waals surface area contributed by atoms with E-state index in [9.17, 15) is 14.4 Å². The average molecular weight is 526 g/mol. The van der Waals surface area contributed by atoms with Gasteiger partial charge in [-0.1, -0.05) is 55.4 Å². The van der Waals surface area contributed by atoms with E-state index in [1.54, 1.807) is 0 Å². The first-order valence-corrected chi connectivity index (χ1v) is 16.3. The summed E-state index contributed by atoms with van der Waals surface area (Å²) >= 11 is 0. The fraction of sp³-hybridized carbons (Fsp3) is 0.739. The number of nitrogens with zero attached hydrogens (tertiary/aromatic N) is 2. The Morgan fingerprint density at radius 1 is 1.03 bits per heavy atom. The van der Waals surface area contributed by atoms with Gasteiger partial charge in [-0.2, -0.15) is 4.98 Å². The zero-order valence-electron chi connectivity index (χ0n) is 22.2. The van der Waals surface area contributed by atoms with Crippen molar-refractivity contribution in [2.75, 3.05) is 11.9 Å². The van der Waals surface area contributed by atoms with Crippen molar-refractivity contribution in [3.8, 4) is 0 Å². The molecule has 196 valence electrons. The van der Waals surface area contributed by atoms with Crippen LogP contribution in [0.2, 0.25) is 22.2 Å². The van der Waals surface area contributed by atoms with E-state index in [4.69, 9.17) is 17.7 Å². The molecular weight excluding hydrogens is 486 g/mol. The number of amides is 1. The normalized spacial score (nSPS) is 26.2. The highest BCUT2D eigenvalue weighted by Crippen LogP contribution is 2.47. The number of nitrogens with one attached hydrogen (secondary N) is 1. The molecule has 1 unspecified atom stereocenters. The fourth-order valence-electron chi connectivity index (χ4n) is 5.06. The topological polar surface area (TPSA) is 118 Å². The molecule has 3 heterocycles. The molecule has 1 N–H and O–H groups in total. The van der Waals surface area contributed by atoms with Crippen LogP contribution < -0.4 is 11.0 Å². The highest BCUT2D eigenvalue weighted by molar-refractivity contribution is 6.84. The SMILES string of the molecule is CC(=O)Nc1ccn(C2O[C@@H]3CO[Si](C(C)C)(C(C)C)O[Si](C(C)C)(C(C)C)O[C@H]3C2=O)c(=O)n1. The van der Waals surface area contributed by atoms with Crippen molar-refractivity contribution >= 4 is 34.6 Å². The molecule has 0 aliphatic carbocycles. The third-order valence-electron chi connectivity index (χ3n) is 6.87. The molecule has 1 aromatic heterocycles. The van der Waals surface area contributed by atoms with Crippen LogP contribution in [0.3, 0.4) is 0 Å². The number of hydrogen-bond acceptors (Lipinski definition) is 8. The van der Waals surface area contributed by atoms with Gasteiger partial charge in [0.25, 0.3) is 0 Å². The van der Waals surface area contributed by atoms with Crippen LogP contribution in [0.15, 0.2) is 17.1 Å². The molecule has 2 fully saturated rings. The van der Waals surface area contributed by atoms with E-state index >= 15 is 0 Å². The zero-order chi connectivity index (χ0) is 26.3. The van der Waals surface area contributed by atoms with Gasteiger partial charge in [-0.05, 0) is 28.2 Å². The lowest BCUT2D eigenvalue weighted by Crippen LogP contribution is -2.65.